The maximum Gasteiger partial charge on any atom is 0.318 e. The third-order valence-corrected chi connectivity index (χ3v) is 7.41. The molecule has 2 unspecified atom stereocenters. The lowest BCUT2D eigenvalue weighted by Crippen LogP contribution is -2.62. The predicted octanol–water partition coefficient (Wildman–Crippen LogP) is 3.52. The predicted molar refractivity (Wildman–Crippen MR) is 96.3 cm³/mol. The van der Waals surface area contributed by atoms with Crippen LogP contribution >= 0.6 is 11.6 Å². The molecule has 5 heteroatoms. The minimum absolute atomic E-state index is 0.0434. The van der Waals surface area contributed by atoms with Gasteiger partial charge in [-0.25, -0.2) is 4.79 Å². The van der Waals surface area contributed by atoms with Gasteiger partial charge in [0.15, 0.2) is 0 Å². The molecule has 6 rings (SSSR count). The first-order valence-corrected chi connectivity index (χ1v) is 9.80. The molecule has 0 aromatic heterocycles. The van der Waals surface area contributed by atoms with E-state index in [1.54, 1.807) is 0 Å². The summed E-state index contributed by atoms with van der Waals surface area (Å²) in [4.78, 5) is 14.9. The average Bonchev–Trinajstić information content (AvgIpc) is 2.82. The quantitative estimate of drug-likeness (QED) is 0.847. The molecule has 4 aliphatic carbocycles. The van der Waals surface area contributed by atoms with Crippen LogP contribution in [0.3, 0.4) is 0 Å². The van der Waals surface area contributed by atoms with E-state index in [0.717, 1.165) is 24.8 Å². The maximum atomic E-state index is 12.9. The van der Waals surface area contributed by atoms with Crippen LogP contribution < -0.4 is 5.32 Å². The summed E-state index contributed by atoms with van der Waals surface area (Å²) in [6.07, 6.45) is 5.05. The molecule has 3 atom stereocenters. The molecule has 4 saturated carbocycles. The fourth-order valence-electron chi connectivity index (χ4n) is 6.45. The molecule has 4 nitrogen and oxygen atoms in total. The van der Waals surface area contributed by atoms with Crippen LogP contribution in [0.25, 0.3) is 0 Å². The van der Waals surface area contributed by atoms with Crippen molar-refractivity contribution >= 4 is 17.6 Å². The van der Waals surface area contributed by atoms with Gasteiger partial charge in [-0.2, -0.15) is 0 Å². The van der Waals surface area contributed by atoms with Crippen LogP contribution in [0.1, 0.15) is 44.6 Å². The Morgan fingerprint density at radius 2 is 1.80 bits per heavy atom. The summed E-state index contributed by atoms with van der Waals surface area (Å²) in [7, 11) is 0. The molecule has 2 amide bonds. The van der Waals surface area contributed by atoms with E-state index in [1.807, 2.05) is 24.3 Å². The molecule has 2 N–H and O–H groups in total. The van der Waals surface area contributed by atoms with Gasteiger partial charge in [-0.3, -0.25) is 0 Å². The van der Waals surface area contributed by atoms with Crippen molar-refractivity contribution in [2.24, 2.45) is 17.8 Å². The summed E-state index contributed by atoms with van der Waals surface area (Å²) >= 11 is 6.02. The van der Waals surface area contributed by atoms with Gasteiger partial charge in [-0.15, -0.1) is 0 Å². The van der Waals surface area contributed by atoms with Crippen LogP contribution in [0.15, 0.2) is 24.3 Å². The van der Waals surface area contributed by atoms with Gasteiger partial charge in [0.1, 0.15) is 0 Å². The van der Waals surface area contributed by atoms with E-state index in [1.165, 1.54) is 12.8 Å². The molecule has 0 radical (unpaired) electrons. The molecule has 1 aliphatic heterocycles. The van der Waals surface area contributed by atoms with Gasteiger partial charge in [-0.05, 0) is 74.5 Å². The van der Waals surface area contributed by atoms with E-state index in [9.17, 15) is 9.90 Å². The molecule has 5 aliphatic rings. The number of hydrogen-bond acceptors (Lipinski definition) is 2. The van der Waals surface area contributed by atoms with E-state index in [4.69, 9.17) is 11.6 Å². The molecular weight excluding hydrogens is 336 g/mol. The highest BCUT2D eigenvalue weighted by Crippen LogP contribution is 2.57. The fourth-order valence-corrected chi connectivity index (χ4v) is 6.57. The minimum Gasteiger partial charge on any atom is -0.390 e. The third kappa shape index (κ3) is 2.41. The maximum absolute atomic E-state index is 12.9. The van der Waals surface area contributed by atoms with Gasteiger partial charge in [-0.1, -0.05) is 23.7 Å². The van der Waals surface area contributed by atoms with E-state index >= 15 is 0 Å². The molecule has 5 fully saturated rings. The van der Waals surface area contributed by atoms with Gasteiger partial charge in [0, 0.05) is 17.6 Å². The summed E-state index contributed by atoms with van der Waals surface area (Å²) in [5.74, 6) is 1.57. The van der Waals surface area contributed by atoms with Gasteiger partial charge >= 0.3 is 6.03 Å². The number of rotatable bonds is 2. The number of carbonyl (C=O) groups is 1. The molecule has 1 heterocycles. The van der Waals surface area contributed by atoms with Crippen molar-refractivity contribution < 1.29 is 9.90 Å². The smallest absolute Gasteiger partial charge is 0.318 e. The largest absolute Gasteiger partial charge is 0.390 e. The Morgan fingerprint density at radius 3 is 2.40 bits per heavy atom. The zero-order valence-electron chi connectivity index (χ0n) is 14.5. The number of hydrogen-bond donors (Lipinski definition) is 2. The van der Waals surface area contributed by atoms with Gasteiger partial charge in [0.2, 0.25) is 0 Å². The Hall–Kier alpha value is -1.26. The minimum atomic E-state index is -0.456. The number of halogens is 1. The standard InChI is InChI=1S/C20H25ClN2O2/c1-19(15-2-4-16(21)5-3-15)11-23(18(24)22-19)17-13-6-12-7-14(17)10-20(25,8-12)9-13/h2-5,12-14,17,25H,6-11H2,1H3,(H,22,24)/t12?,13?,14?,17?,19-,20?/m0/s1. The number of carbonyl (C=O) groups excluding carboxylic acids is 1. The van der Waals surface area contributed by atoms with Crippen LogP contribution in [0.2, 0.25) is 5.02 Å². The van der Waals surface area contributed by atoms with E-state index in [0.29, 0.717) is 29.3 Å². The zero-order valence-corrected chi connectivity index (χ0v) is 15.3. The molecule has 1 aromatic carbocycles. The summed E-state index contributed by atoms with van der Waals surface area (Å²) in [5, 5.41) is 14.7. The van der Waals surface area contributed by atoms with E-state index in [-0.39, 0.29) is 17.6 Å². The second-order valence-corrected chi connectivity index (χ2v) is 9.52. The number of benzene rings is 1. The summed E-state index contributed by atoms with van der Waals surface area (Å²) in [5.41, 5.74) is 0.255. The summed E-state index contributed by atoms with van der Waals surface area (Å²) in [6, 6.07) is 8.11. The molecule has 1 saturated heterocycles. The van der Waals surface area contributed by atoms with Crippen LogP contribution in [-0.2, 0) is 5.54 Å². The van der Waals surface area contributed by atoms with Crippen molar-refractivity contribution in [3.05, 3.63) is 34.9 Å². The SMILES string of the molecule is C[C@@]1(c2ccc(Cl)cc2)CN(C2C3CC4CC2CC(O)(C4)C3)C(=O)N1. The second-order valence-electron chi connectivity index (χ2n) is 9.08. The van der Waals surface area contributed by atoms with Gasteiger partial charge in [0.05, 0.1) is 11.1 Å². The van der Waals surface area contributed by atoms with Crippen LogP contribution in [0.4, 0.5) is 4.79 Å². The Balaban J connectivity index is 1.42. The second kappa shape index (κ2) is 5.14. The van der Waals surface area contributed by atoms with Gasteiger partial charge in [0.25, 0.3) is 0 Å². The molecule has 0 spiro atoms. The van der Waals surface area contributed by atoms with Crippen molar-refractivity contribution in [3.8, 4) is 0 Å². The highest BCUT2D eigenvalue weighted by molar-refractivity contribution is 6.30. The number of aliphatic hydroxyl groups is 1. The monoisotopic (exact) mass is 360 g/mol. The molecule has 1 aromatic rings. The summed E-state index contributed by atoms with van der Waals surface area (Å²) < 4.78 is 0. The van der Waals surface area contributed by atoms with Gasteiger partial charge < -0.3 is 15.3 Å². The van der Waals surface area contributed by atoms with Crippen LogP contribution in [0, 0.1) is 17.8 Å². The fraction of sp³-hybridized carbons (Fsp3) is 0.650. The van der Waals surface area contributed by atoms with Crippen molar-refractivity contribution in [1.82, 2.24) is 10.2 Å². The average molecular weight is 361 g/mol. The highest BCUT2D eigenvalue weighted by Gasteiger charge is 2.58. The lowest BCUT2D eigenvalue weighted by atomic mass is 9.52. The van der Waals surface area contributed by atoms with Crippen LogP contribution in [0.5, 0.6) is 0 Å². The Kier molecular flexibility index (Phi) is 3.28. The number of nitrogens with one attached hydrogen (secondary N) is 1. The third-order valence-electron chi connectivity index (χ3n) is 7.16. The van der Waals surface area contributed by atoms with E-state index < -0.39 is 5.60 Å². The zero-order chi connectivity index (χ0) is 17.4. The first kappa shape index (κ1) is 16.0. The van der Waals surface area contributed by atoms with E-state index in [2.05, 4.69) is 17.1 Å². The lowest BCUT2D eigenvalue weighted by Gasteiger charge is -2.59. The van der Waals surface area contributed by atoms with Crippen molar-refractivity contribution in [2.75, 3.05) is 6.54 Å². The number of nitrogens with zero attached hydrogens (tertiary/aromatic N) is 1. The Bertz CT molecular complexity index is 705. The summed E-state index contributed by atoms with van der Waals surface area (Å²) in [6.45, 7) is 2.78. The first-order chi connectivity index (χ1) is 11.9. The Labute approximate surface area is 153 Å². The molecule has 134 valence electrons. The van der Waals surface area contributed by atoms with Crippen molar-refractivity contribution in [1.29, 1.82) is 0 Å². The Morgan fingerprint density at radius 1 is 1.16 bits per heavy atom. The van der Waals surface area contributed by atoms with Crippen LogP contribution in [-0.4, -0.2) is 34.2 Å². The number of urea groups is 1. The molecule has 4 bridgehead atoms. The molecular formula is C20H25ClN2O2. The lowest BCUT2D eigenvalue weighted by molar-refractivity contribution is -0.152. The highest BCUT2D eigenvalue weighted by atomic mass is 35.5. The first-order valence-electron chi connectivity index (χ1n) is 9.42. The van der Waals surface area contributed by atoms with Crippen molar-refractivity contribution in [3.63, 3.8) is 0 Å². The normalized spacial score (nSPS) is 45.1. The topological polar surface area (TPSA) is 52.6 Å². The number of amides is 2. The molecule has 25 heavy (non-hydrogen) atoms. The van der Waals surface area contributed by atoms with Crippen molar-refractivity contribution in [2.45, 2.75) is 56.2 Å².